The topological polar surface area (TPSA) is 242 Å². The maximum absolute atomic E-state index is 13.4. The molecule has 2 fully saturated rings. The van der Waals surface area contributed by atoms with Gasteiger partial charge in [-0.25, -0.2) is 28.7 Å². The molecule has 5 atom stereocenters. The summed E-state index contributed by atoms with van der Waals surface area (Å²) in [5.41, 5.74) is -1.16. The summed E-state index contributed by atoms with van der Waals surface area (Å²) in [7, 11) is -5.12. The van der Waals surface area contributed by atoms with E-state index in [1.165, 1.54) is 83.3 Å². The third-order valence-electron chi connectivity index (χ3n) is 8.96. The molecule has 1 aliphatic carbocycles. The van der Waals surface area contributed by atoms with Crippen LogP contribution in [0, 0.1) is 5.41 Å². The van der Waals surface area contributed by atoms with Gasteiger partial charge in [-0.3, -0.25) is 9.36 Å². The molecule has 270 valence electrons. The Morgan fingerprint density at radius 2 is 1.69 bits per heavy atom. The molecule has 2 aliphatic rings. The van der Waals surface area contributed by atoms with Crippen LogP contribution in [0.5, 0.6) is 5.75 Å². The van der Waals surface area contributed by atoms with Crippen LogP contribution in [0.3, 0.4) is 0 Å². The van der Waals surface area contributed by atoms with Crippen molar-refractivity contribution in [1.29, 1.82) is 0 Å². The Labute approximate surface area is 284 Å². The number of anilines is 1. The van der Waals surface area contributed by atoms with E-state index in [1.807, 2.05) is 0 Å². The van der Waals surface area contributed by atoms with Gasteiger partial charge in [0.25, 0.3) is 5.91 Å². The average Bonchev–Trinajstić information content (AvgIpc) is 3.35. The Morgan fingerprint density at radius 3 is 2.24 bits per heavy atom. The number of esters is 1. The number of para-hydroxylation sites is 1. The normalized spacial score (nSPS) is 24.9. The predicted octanol–water partition coefficient (Wildman–Crippen LogP) is 1.26. The number of benzene rings is 1. The molecule has 1 amide bonds. The number of nitrogens with one attached hydrogen (secondary N) is 1. The van der Waals surface area contributed by atoms with Crippen molar-refractivity contribution in [2.24, 2.45) is 5.41 Å². The SMILES string of the molecule is CC(C)(C)OC(=O)C(OS(=O)(=O)NC(=O)c1ccccc1O)[C@H]1O[C@@H](n2cnc3c(N)ncnc32)[C@@]2(O)C(C)(C)[C@@]12O.CCN(CC)CC. The van der Waals surface area contributed by atoms with Crippen LogP contribution in [0.15, 0.2) is 36.9 Å². The predicted molar refractivity (Wildman–Crippen MR) is 176 cm³/mol. The van der Waals surface area contributed by atoms with Crippen LogP contribution in [0.1, 0.15) is 72.0 Å². The Hall–Kier alpha value is -3.94. The second kappa shape index (κ2) is 13.4. The molecule has 3 aromatic rings. The number of phenols is 1. The molecule has 1 saturated heterocycles. The maximum atomic E-state index is 13.4. The monoisotopic (exact) mass is 707 g/mol. The van der Waals surface area contributed by atoms with Gasteiger partial charge in [0.1, 0.15) is 40.5 Å². The van der Waals surface area contributed by atoms with E-state index in [0.717, 1.165) is 12.4 Å². The number of nitrogens with zero attached hydrogens (tertiary/aromatic N) is 5. The third kappa shape index (κ3) is 6.68. The first-order valence-electron chi connectivity index (χ1n) is 15.7. The number of amides is 1. The van der Waals surface area contributed by atoms with Gasteiger partial charge >= 0.3 is 16.3 Å². The largest absolute Gasteiger partial charge is 0.507 e. The molecule has 2 aromatic heterocycles. The second-order valence-corrected chi connectivity index (χ2v) is 14.5. The van der Waals surface area contributed by atoms with Gasteiger partial charge < -0.3 is 35.4 Å². The standard InChI is InChI=1S/C25H30N6O10S.C6H15N/c1-22(2,3)40-20(34)15(41-42(37,38)30-19(33)12-8-6-7-9-13(12)32)16-24(35)23(4,5)25(24,36)21(39-16)31-11-29-14-17(26)27-10-28-18(14)31;1-4-7(5-2)6-3/h6-11,15-16,21,32,35-36H,1-5H3,(H,30,33)(H2,26,27,28);4-6H2,1-3H3/t15?,16-,21-,24+,25-;/m1./s1. The molecule has 3 heterocycles. The van der Waals surface area contributed by atoms with Crippen molar-refractivity contribution in [2.45, 2.75) is 90.6 Å². The van der Waals surface area contributed by atoms with Gasteiger partial charge in [-0.15, -0.1) is 0 Å². The highest BCUT2D eigenvalue weighted by Crippen LogP contribution is 2.76. The number of aromatic nitrogens is 4. The minimum atomic E-state index is -5.12. The zero-order valence-electron chi connectivity index (χ0n) is 28.7. The molecule has 6 N–H and O–H groups in total. The summed E-state index contributed by atoms with van der Waals surface area (Å²) in [6.07, 6.45) is -3.15. The Bertz CT molecular complexity index is 1800. The van der Waals surface area contributed by atoms with E-state index in [0.29, 0.717) is 0 Å². The van der Waals surface area contributed by atoms with Crippen LogP contribution in [0.4, 0.5) is 5.82 Å². The zero-order valence-corrected chi connectivity index (χ0v) is 29.6. The first-order valence-corrected chi connectivity index (χ1v) is 17.1. The number of phenolic OH excluding ortho intramolecular Hbond substituents is 1. The van der Waals surface area contributed by atoms with Crippen molar-refractivity contribution in [2.75, 3.05) is 25.4 Å². The summed E-state index contributed by atoms with van der Waals surface area (Å²) in [5.74, 6) is -3.00. The minimum absolute atomic E-state index is 0.0341. The van der Waals surface area contributed by atoms with Gasteiger partial charge in [-0.1, -0.05) is 46.8 Å². The van der Waals surface area contributed by atoms with Gasteiger partial charge in [0.2, 0.25) is 6.10 Å². The molecule has 1 saturated carbocycles. The van der Waals surface area contributed by atoms with E-state index in [2.05, 4.69) is 40.6 Å². The fraction of sp³-hybridized carbons (Fsp3) is 0.581. The summed E-state index contributed by atoms with van der Waals surface area (Å²) in [4.78, 5) is 40.6. The van der Waals surface area contributed by atoms with Gasteiger partial charge in [0, 0.05) is 5.41 Å². The van der Waals surface area contributed by atoms with Gasteiger partial charge in [0.05, 0.1) is 11.9 Å². The molecule has 1 aromatic carbocycles. The molecular weight excluding hydrogens is 662 g/mol. The number of rotatable bonds is 10. The number of carbonyl (C=O) groups is 2. The zero-order chi connectivity index (χ0) is 36.7. The Balaban J connectivity index is 0.000000698. The summed E-state index contributed by atoms with van der Waals surface area (Å²) >= 11 is 0. The lowest BCUT2D eigenvalue weighted by atomic mass is 9.97. The summed E-state index contributed by atoms with van der Waals surface area (Å²) in [5, 5.41) is 33.6. The molecule has 0 spiro atoms. The highest BCUT2D eigenvalue weighted by atomic mass is 32.2. The number of ether oxygens (including phenoxy) is 2. The lowest BCUT2D eigenvalue weighted by Gasteiger charge is -2.32. The van der Waals surface area contributed by atoms with Crippen molar-refractivity contribution in [1.82, 2.24) is 29.1 Å². The average molecular weight is 708 g/mol. The van der Waals surface area contributed by atoms with Crippen molar-refractivity contribution in [3.63, 3.8) is 0 Å². The highest BCUT2D eigenvalue weighted by Gasteiger charge is 2.94. The minimum Gasteiger partial charge on any atom is -0.507 e. The van der Waals surface area contributed by atoms with Crippen molar-refractivity contribution in [3.8, 4) is 5.75 Å². The number of hydrogen-bond acceptors (Lipinski definition) is 15. The lowest BCUT2D eigenvalue weighted by molar-refractivity contribution is -0.184. The number of carbonyl (C=O) groups excluding carboxylic acids is 2. The summed E-state index contributed by atoms with van der Waals surface area (Å²) in [6, 6.07) is 5.15. The third-order valence-corrected chi connectivity index (χ3v) is 9.86. The van der Waals surface area contributed by atoms with Crippen molar-refractivity contribution >= 4 is 39.2 Å². The molecule has 18 heteroatoms. The Kier molecular flexibility index (Phi) is 10.4. The molecule has 0 radical (unpaired) electrons. The molecule has 49 heavy (non-hydrogen) atoms. The van der Waals surface area contributed by atoms with Crippen molar-refractivity contribution < 1.29 is 47.0 Å². The molecule has 0 bridgehead atoms. The summed E-state index contributed by atoms with van der Waals surface area (Å²) < 4.78 is 45.5. The second-order valence-electron chi connectivity index (χ2n) is 13.2. The highest BCUT2D eigenvalue weighted by molar-refractivity contribution is 7.85. The molecule has 17 nitrogen and oxygen atoms in total. The van der Waals surface area contributed by atoms with E-state index < -0.39 is 68.6 Å². The number of imidazole rings is 1. The summed E-state index contributed by atoms with van der Waals surface area (Å²) in [6.45, 7) is 17.6. The molecular formula is C31H45N7O10S. The molecule has 5 rings (SSSR count). The van der Waals surface area contributed by atoms with E-state index in [9.17, 15) is 33.3 Å². The lowest BCUT2D eigenvalue weighted by Crippen LogP contribution is -2.52. The smallest absolute Gasteiger partial charge is 0.363 e. The van der Waals surface area contributed by atoms with Gasteiger partial charge in [0.15, 0.2) is 17.7 Å². The van der Waals surface area contributed by atoms with E-state index in [-0.39, 0.29) is 22.5 Å². The van der Waals surface area contributed by atoms with Crippen LogP contribution in [0.2, 0.25) is 0 Å². The van der Waals surface area contributed by atoms with Gasteiger partial charge in [-0.05, 0) is 52.5 Å². The van der Waals surface area contributed by atoms with E-state index in [4.69, 9.17) is 19.4 Å². The van der Waals surface area contributed by atoms with Crippen LogP contribution >= 0.6 is 0 Å². The maximum Gasteiger partial charge on any atom is 0.363 e. The van der Waals surface area contributed by atoms with E-state index >= 15 is 0 Å². The van der Waals surface area contributed by atoms with Gasteiger partial charge in [-0.2, -0.15) is 8.42 Å². The fourth-order valence-electron chi connectivity index (χ4n) is 6.14. The fourth-order valence-corrected chi connectivity index (χ4v) is 6.98. The van der Waals surface area contributed by atoms with E-state index in [1.54, 1.807) is 4.72 Å². The van der Waals surface area contributed by atoms with Crippen LogP contribution in [0.25, 0.3) is 11.2 Å². The number of fused-ring (bicyclic) bond motifs is 2. The van der Waals surface area contributed by atoms with Crippen LogP contribution in [-0.2, 0) is 28.8 Å². The van der Waals surface area contributed by atoms with Crippen LogP contribution < -0.4 is 10.5 Å². The van der Waals surface area contributed by atoms with Crippen LogP contribution in [-0.4, -0.2) is 109 Å². The number of nitrogens with two attached hydrogens (primary N) is 1. The number of hydrogen-bond donors (Lipinski definition) is 5. The van der Waals surface area contributed by atoms with Crippen molar-refractivity contribution in [3.05, 3.63) is 42.5 Å². The molecule has 1 unspecified atom stereocenters. The first-order chi connectivity index (χ1) is 22.7. The Morgan fingerprint density at radius 1 is 1.08 bits per heavy atom. The quantitative estimate of drug-likeness (QED) is 0.186. The molecule has 1 aliphatic heterocycles. The number of nitrogen functional groups attached to an aromatic ring is 1. The number of aliphatic hydroxyl groups is 2. The first kappa shape index (κ1) is 37.9. The number of aromatic hydroxyl groups is 1.